The van der Waals surface area contributed by atoms with Crippen molar-refractivity contribution in [3.05, 3.63) is 116 Å². The minimum atomic E-state index is -1.24. The number of methoxy groups -OCH3 is 1. The Kier molecular flexibility index (Phi) is 12.6. The molecule has 8 heteroatoms. The van der Waals surface area contributed by atoms with E-state index in [0.29, 0.717) is 19.8 Å². The zero-order valence-corrected chi connectivity index (χ0v) is 29.2. The number of nitrogens with zero attached hydrogens (tertiary/aromatic N) is 4. The Morgan fingerprint density at radius 3 is 1.90 bits per heavy atom. The lowest BCUT2D eigenvalue weighted by molar-refractivity contribution is 0.0685. The minimum Gasteiger partial charge on any atom is -0.382 e. The minimum absolute atomic E-state index is 0.0601. The number of aryl methyl sites for hydroxylation is 3. The van der Waals surface area contributed by atoms with Crippen molar-refractivity contribution in [1.29, 1.82) is 0 Å². The highest BCUT2D eigenvalue weighted by Crippen LogP contribution is 2.42. The molecule has 0 atom stereocenters. The van der Waals surface area contributed by atoms with E-state index in [1.54, 1.807) is 7.11 Å². The number of anilines is 1. The number of piperazine rings is 1. The molecule has 2 heterocycles. The maximum absolute atomic E-state index is 14.1. The van der Waals surface area contributed by atoms with Gasteiger partial charge in [-0.05, 0) is 73.8 Å². The van der Waals surface area contributed by atoms with Crippen LogP contribution in [-0.4, -0.2) is 69.6 Å². The van der Waals surface area contributed by atoms with Crippen LogP contribution in [0.4, 0.5) is 5.69 Å². The standard InChI is InChI=1S/C40H52N4O4/c1-31-11-15-34(16-12-31)40(41-46,35-17-13-32(2)14-18-35)36-19-20-37-33(29-36)30-38(43-24-22-42(3)23-25-43)39(45)44(37)21-9-7-5-6-8-10-26-48-28-27-47-4/h11-20,29-30H,5-10,21-28H2,1-4H3. The second-order valence-corrected chi connectivity index (χ2v) is 13.3. The summed E-state index contributed by atoms with van der Waals surface area (Å²) in [6.45, 7) is 10.2. The van der Waals surface area contributed by atoms with E-state index in [1.807, 2.05) is 85.1 Å². The smallest absolute Gasteiger partial charge is 0.274 e. The van der Waals surface area contributed by atoms with E-state index in [0.717, 1.165) is 116 Å². The van der Waals surface area contributed by atoms with Gasteiger partial charge in [-0.3, -0.25) is 4.79 Å². The fourth-order valence-electron chi connectivity index (χ4n) is 6.77. The van der Waals surface area contributed by atoms with Crippen molar-refractivity contribution in [2.45, 2.75) is 64.5 Å². The first-order valence-corrected chi connectivity index (χ1v) is 17.5. The molecular weight excluding hydrogens is 600 g/mol. The SMILES string of the molecule is COCCOCCCCCCCCn1c(=O)c(N2CCN(C)CC2)cc2cc(C(N=O)(c3ccc(C)cc3)c3ccc(C)cc3)ccc21. The van der Waals surface area contributed by atoms with Crippen molar-refractivity contribution in [3.8, 4) is 0 Å². The third kappa shape index (κ3) is 8.23. The molecule has 3 aromatic carbocycles. The molecule has 1 aromatic heterocycles. The number of hydrogen-bond donors (Lipinski definition) is 0. The highest BCUT2D eigenvalue weighted by Gasteiger charge is 2.38. The Balaban J connectivity index is 1.47. The maximum atomic E-state index is 14.1. The molecule has 1 aliphatic rings. The van der Waals surface area contributed by atoms with Crippen LogP contribution in [0.25, 0.3) is 10.9 Å². The van der Waals surface area contributed by atoms with Gasteiger partial charge in [0.15, 0.2) is 5.54 Å². The van der Waals surface area contributed by atoms with Crippen LogP contribution in [0.15, 0.2) is 82.8 Å². The molecule has 0 amide bonds. The highest BCUT2D eigenvalue weighted by molar-refractivity contribution is 5.84. The van der Waals surface area contributed by atoms with E-state index in [1.165, 1.54) is 0 Å². The van der Waals surface area contributed by atoms with Crippen LogP contribution in [0.2, 0.25) is 0 Å². The van der Waals surface area contributed by atoms with E-state index in [2.05, 4.69) is 28.1 Å². The summed E-state index contributed by atoms with van der Waals surface area (Å²) in [6.07, 6.45) is 6.49. The third-order valence-corrected chi connectivity index (χ3v) is 9.76. The number of pyridine rings is 1. The van der Waals surface area contributed by atoms with E-state index in [9.17, 15) is 9.70 Å². The quantitative estimate of drug-likeness (QED) is 0.0671. The number of unbranched alkanes of at least 4 members (excludes halogenated alkanes) is 5. The Labute approximate surface area is 285 Å². The van der Waals surface area contributed by atoms with Gasteiger partial charge in [-0.25, -0.2) is 0 Å². The molecule has 0 N–H and O–H groups in total. The van der Waals surface area contributed by atoms with Gasteiger partial charge in [0.2, 0.25) is 0 Å². The summed E-state index contributed by atoms with van der Waals surface area (Å²) in [4.78, 5) is 31.9. The molecule has 1 fully saturated rings. The number of ether oxygens (including phenoxy) is 2. The third-order valence-electron chi connectivity index (χ3n) is 9.76. The fraction of sp³-hybridized carbons (Fsp3) is 0.475. The number of benzene rings is 3. The average molecular weight is 653 g/mol. The van der Waals surface area contributed by atoms with Crippen molar-refractivity contribution in [1.82, 2.24) is 9.47 Å². The van der Waals surface area contributed by atoms with Crippen molar-refractivity contribution in [2.24, 2.45) is 5.18 Å². The monoisotopic (exact) mass is 652 g/mol. The second-order valence-electron chi connectivity index (χ2n) is 13.3. The molecule has 4 aromatic rings. The van der Waals surface area contributed by atoms with Crippen LogP contribution in [0.5, 0.6) is 0 Å². The molecule has 5 rings (SSSR count). The molecule has 8 nitrogen and oxygen atoms in total. The lowest BCUT2D eigenvalue weighted by Crippen LogP contribution is -2.46. The van der Waals surface area contributed by atoms with Gasteiger partial charge >= 0.3 is 0 Å². The summed E-state index contributed by atoms with van der Waals surface area (Å²) in [5, 5.41) is 4.86. The van der Waals surface area contributed by atoms with E-state index in [4.69, 9.17) is 9.47 Å². The van der Waals surface area contributed by atoms with Gasteiger partial charge in [-0.15, -0.1) is 4.91 Å². The van der Waals surface area contributed by atoms with Crippen LogP contribution in [0, 0.1) is 18.8 Å². The summed E-state index contributed by atoms with van der Waals surface area (Å²) in [5.74, 6) is 0. The van der Waals surface area contributed by atoms with Gasteiger partial charge in [0.1, 0.15) is 5.69 Å². The van der Waals surface area contributed by atoms with Gasteiger partial charge in [-0.2, -0.15) is 0 Å². The molecule has 0 unspecified atom stereocenters. The number of nitroso groups, excluding NO2 is 1. The largest absolute Gasteiger partial charge is 0.382 e. The second kappa shape index (κ2) is 17.0. The lowest BCUT2D eigenvalue weighted by Gasteiger charge is -2.34. The summed E-state index contributed by atoms with van der Waals surface area (Å²) < 4.78 is 12.6. The summed E-state index contributed by atoms with van der Waals surface area (Å²) in [5.41, 5.74) is 5.12. The van der Waals surface area contributed by atoms with E-state index < -0.39 is 5.54 Å². The molecule has 0 saturated carbocycles. The van der Waals surface area contributed by atoms with Gasteiger partial charge < -0.3 is 23.8 Å². The molecule has 0 aliphatic carbocycles. The number of aromatic nitrogens is 1. The fourth-order valence-corrected chi connectivity index (χ4v) is 6.77. The predicted molar refractivity (Wildman–Crippen MR) is 196 cm³/mol. The molecule has 0 radical (unpaired) electrons. The first kappa shape index (κ1) is 35.5. The van der Waals surface area contributed by atoms with Crippen molar-refractivity contribution >= 4 is 16.6 Å². The number of likely N-dealkylation sites (N-methyl/N-ethyl adjacent to an activating group) is 1. The Hall–Kier alpha value is -3.85. The molecule has 256 valence electrons. The van der Waals surface area contributed by atoms with Crippen LogP contribution in [-0.2, 0) is 21.6 Å². The van der Waals surface area contributed by atoms with Crippen molar-refractivity contribution in [3.63, 3.8) is 0 Å². The number of hydrogen-bond acceptors (Lipinski definition) is 7. The van der Waals surface area contributed by atoms with Crippen LogP contribution < -0.4 is 10.5 Å². The molecule has 0 spiro atoms. The van der Waals surface area contributed by atoms with Crippen LogP contribution >= 0.6 is 0 Å². The Morgan fingerprint density at radius 2 is 1.29 bits per heavy atom. The highest BCUT2D eigenvalue weighted by atomic mass is 16.5. The summed E-state index contributed by atoms with van der Waals surface area (Å²) in [7, 11) is 3.81. The summed E-state index contributed by atoms with van der Waals surface area (Å²) >= 11 is 0. The van der Waals surface area contributed by atoms with Gasteiger partial charge in [-0.1, -0.05) is 91.4 Å². The predicted octanol–water partition coefficient (Wildman–Crippen LogP) is 7.43. The van der Waals surface area contributed by atoms with Gasteiger partial charge in [0.05, 0.1) is 18.7 Å². The number of fused-ring (bicyclic) bond motifs is 1. The summed E-state index contributed by atoms with van der Waals surface area (Å²) in [6, 6.07) is 24.3. The van der Waals surface area contributed by atoms with Gasteiger partial charge in [0, 0.05) is 51.8 Å². The van der Waals surface area contributed by atoms with Crippen LogP contribution in [0.1, 0.15) is 66.3 Å². The molecule has 0 bridgehead atoms. The van der Waals surface area contributed by atoms with Crippen molar-refractivity contribution in [2.75, 3.05) is 65.1 Å². The lowest BCUT2D eigenvalue weighted by atomic mass is 9.77. The zero-order valence-electron chi connectivity index (χ0n) is 29.2. The topological polar surface area (TPSA) is 76.4 Å². The van der Waals surface area contributed by atoms with Crippen molar-refractivity contribution < 1.29 is 9.47 Å². The normalized spacial score (nSPS) is 14.1. The molecule has 1 aliphatic heterocycles. The van der Waals surface area contributed by atoms with E-state index in [-0.39, 0.29) is 5.56 Å². The van der Waals surface area contributed by atoms with Crippen LogP contribution in [0.3, 0.4) is 0 Å². The zero-order chi connectivity index (χ0) is 33.9. The van der Waals surface area contributed by atoms with E-state index >= 15 is 0 Å². The molecular formula is C40H52N4O4. The average Bonchev–Trinajstić information content (AvgIpc) is 3.10. The maximum Gasteiger partial charge on any atom is 0.274 e. The Morgan fingerprint density at radius 1 is 0.708 bits per heavy atom. The van der Waals surface area contributed by atoms with Gasteiger partial charge in [0.25, 0.3) is 5.56 Å². The molecule has 1 saturated heterocycles. The first-order chi connectivity index (χ1) is 23.4. The Bertz CT molecular complexity index is 1630. The number of rotatable bonds is 17. The molecule has 48 heavy (non-hydrogen) atoms. The first-order valence-electron chi connectivity index (χ1n) is 17.5.